The number of carbonyl (C=O) groups excluding carboxylic acids is 2. The molecule has 0 atom stereocenters. The molecule has 3 N–H and O–H groups in total. The fourth-order valence-corrected chi connectivity index (χ4v) is 5.63. The van der Waals surface area contributed by atoms with Crippen molar-refractivity contribution in [1.29, 1.82) is 0 Å². The molecule has 0 unspecified atom stereocenters. The molecule has 1 rings (SSSR count). The van der Waals surface area contributed by atoms with E-state index in [1.807, 2.05) is 0 Å². The first kappa shape index (κ1) is 34.3. The number of rotatable bonds is 12. The quantitative estimate of drug-likeness (QED) is 0.245. The van der Waals surface area contributed by atoms with Crippen molar-refractivity contribution in [1.82, 2.24) is 14.9 Å². The molecule has 0 saturated heterocycles. The lowest BCUT2D eigenvalue weighted by atomic mass is 10.1. The van der Waals surface area contributed by atoms with Crippen molar-refractivity contribution in [2.45, 2.75) is 105 Å². The number of amides is 2. The number of hydrogen-bond acceptors (Lipinski definition) is 9. The van der Waals surface area contributed by atoms with Crippen LogP contribution in [0.15, 0.2) is 11.0 Å². The Morgan fingerprint density at radius 3 is 2.05 bits per heavy atom. The van der Waals surface area contributed by atoms with Crippen molar-refractivity contribution in [2.24, 2.45) is 0 Å². The number of aliphatic carboxylic acids is 1. The first-order valence-corrected chi connectivity index (χ1v) is 14.4. The summed E-state index contributed by atoms with van der Waals surface area (Å²) in [6.45, 7) is 15.2. The number of aromatic nitrogens is 2. The van der Waals surface area contributed by atoms with E-state index in [1.165, 1.54) is 6.20 Å². The highest BCUT2D eigenvalue weighted by atomic mass is 31.2. The van der Waals surface area contributed by atoms with Gasteiger partial charge >= 0.3 is 25.3 Å². The molecule has 39 heavy (non-hydrogen) atoms. The number of carboxylic acids is 1. The summed E-state index contributed by atoms with van der Waals surface area (Å²) in [7, 11) is -3.56. The largest absolute Gasteiger partial charge is 0.480 e. The van der Waals surface area contributed by atoms with Crippen LogP contribution in [-0.4, -0.2) is 62.1 Å². The van der Waals surface area contributed by atoms with Crippen molar-refractivity contribution >= 4 is 31.4 Å². The maximum atomic E-state index is 13.3. The summed E-state index contributed by atoms with van der Waals surface area (Å²) in [6, 6.07) is 0. The summed E-state index contributed by atoms with van der Waals surface area (Å²) in [5.41, 5.74) is -2.70. The Labute approximate surface area is 229 Å². The average molecular weight is 575 g/mol. The number of nitrogens with one attached hydrogen (secondary N) is 2. The summed E-state index contributed by atoms with van der Waals surface area (Å²) < 4.78 is 30.8. The van der Waals surface area contributed by atoms with E-state index in [0.717, 1.165) is 4.57 Å². The normalized spacial score (nSPS) is 12.6. The van der Waals surface area contributed by atoms with E-state index in [4.69, 9.17) is 18.9 Å². The van der Waals surface area contributed by atoms with E-state index in [2.05, 4.69) is 15.6 Å². The van der Waals surface area contributed by atoms with Gasteiger partial charge in [0.2, 0.25) is 5.91 Å². The molecule has 0 aliphatic rings. The first-order valence-electron chi connectivity index (χ1n) is 12.7. The predicted octanol–water partition coefficient (Wildman–Crippen LogP) is 3.94. The molecule has 0 aliphatic carbocycles. The number of ether oxygens (including phenoxy) is 1. The Hall–Kier alpha value is -2.76. The maximum Gasteiger partial charge on any atom is 0.413 e. The van der Waals surface area contributed by atoms with Crippen LogP contribution in [0.3, 0.4) is 0 Å². The van der Waals surface area contributed by atoms with Crippen LogP contribution in [0.1, 0.15) is 80.7 Å². The molecular formula is C25H43N4O9P. The fraction of sp³-hybridized carbons (Fsp3) is 0.720. The highest BCUT2D eigenvalue weighted by Crippen LogP contribution is 2.54. The van der Waals surface area contributed by atoms with Gasteiger partial charge in [-0.2, -0.15) is 4.98 Å². The highest BCUT2D eigenvalue weighted by molar-refractivity contribution is 7.54. The van der Waals surface area contributed by atoms with Gasteiger partial charge in [0, 0.05) is 24.7 Å². The molecule has 0 aliphatic heterocycles. The number of anilines is 1. The standard InChI is InChI=1S/C25H43N4O9P/c1-23(2,3)36-22(34)28-20-17(15-29(16-19(31)32)21(33)27-20)11-10-13-26-18(30)12-14-39(35,37-24(4,5)6)38-25(7,8)9/h15H,10-14,16H2,1-9H3,(H,26,30)(H,31,32)(H,27,28,33,34). The summed E-state index contributed by atoms with van der Waals surface area (Å²) in [6.07, 6.45) is 0.927. The maximum absolute atomic E-state index is 13.3. The van der Waals surface area contributed by atoms with E-state index >= 15 is 0 Å². The number of carbonyl (C=O) groups is 3. The second-order valence-electron chi connectivity index (χ2n) is 12.0. The van der Waals surface area contributed by atoms with E-state index < -0.39 is 48.7 Å². The summed E-state index contributed by atoms with van der Waals surface area (Å²) in [4.78, 5) is 51.8. The topological polar surface area (TPSA) is 175 Å². The lowest BCUT2D eigenvalue weighted by molar-refractivity contribution is -0.137. The van der Waals surface area contributed by atoms with Crippen LogP contribution in [0.2, 0.25) is 0 Å². The smallest absolute Gasteiger partial charge is 0.413 e. The van der Waals surface area contributed by atoms with Crippen LogP contribution >= 0.6 is 7.60 Å². The molecule has 1 aromatic heterocycles. The zero-order chi connectivity index (χ0) is 30.2. The van der Waals surface area contributed by atoms with Crippen molar-refractivity contribution in [3.8, 4) is 0 Å². The molecule has 13 nitrogen and oxygen atoms in total. The third-order valence-electron chi connectivity index (χ3n) is 4.38. The van der Waals surface area contributed by atoms with Gasteiger partial charge in [-0.25, -0.2) is 9.59 Å². The van der Waals surface area contributed by atoms with Crippen LogP contribution < -0.4 is 16.3 Å². The number of carboxylic acid groups (broad SMARTS) is 1. The van der Waals surface area contributed by atoms with Crippen LogP contribution in [0.5, 0.6) is 0 Å². The van der Waals surface area contributed by atoms with Crippen molar-refractivity contribution in [2.75, 3.05) is 18.0 Å². The lowest BCUT2D eigenvalue weighted by Gasteiger charge is -2.32. The second kappa shape index (κ2) is 13.5. The van der Waals surface area contributed by atoms with E-state index in [1.54, 1.807) is 62.3 Å². The minimum absolute atomic E-state index is 0.0539. The van der Waals surface area contributed by atoms with Gasteiger partial charge in [-0.3, -0.25) is 24.0 Å². The summed E-state index contributed by atoms with van der Waals surface area (Å²) in [5, 5.41) is 14.2. The van der Waals surface area contributed by atoms with Crippen molar-refractivity contribution in [3.05, 3.63) is 22.2 Å². The number of aryl methyl sites for hydroxylation is 1. The predicted molar refractivity (Wildman–Crippen MR) is 146 cm³/mol. The summed E-state index contributed by atoms with van der Waals surface area (Å²) in [5.74, 6) is -1.64. The Kier molecular flexibility index (Phi) is 11.9. The van der Waals surface area contributed by atoms with Gasteiger partial charge in [-0.1, -0.05) is 0 Å². The molecule has 14 heteroatoms. The Morgan fingerprint density at radius 2 is 1.56 bits per heavy atom. The molecule has 2 amide bonds. The van der Waals surface area contributed by atoms with Crippen molar-refractivity contribution in [3.63, 3.8) is 0 Å². The molecule has 0 bridgehead atoms. The van der Waals surface area contributed by atoms with Crippen LogP contribution in [-0.2, 0) is 40.9 Å². The van der Waals surface area contributed by atoms with Gasteiger partial charge in [-0.05, 0) is 75.2 Å². The Morgan fingerprint density at radius 1 is 1.00 bits per heavy atom. The molecule has 0 saturated carbocycles. The molecular weight excluding hydrogens is 531 g/mol. The molecule has 0 fully saturated rings. The number of nitrogens with zero attached hydrogens (tertiary/aromatic N) is 2. The van der Waals surface area contributed by atoms with Gasteiger partial charge in [0.25, 0.3) is 0 Å². The van der Waals surface area contributed by atoms with Crippen LogP contribution in [0.4, 0.5) is 10.6 Å². The third kappa shape index (κ3) is 14.8. The third-order valence-corrected chi connectivity index (χ3v) is 6.80. The highest BCUT2D eigenvalue weighted by Gasteiger charge is 2.35. The molecule has 0 spiro atoms. The molecule has 1 heterocycles. The van der Waals surface area contributed by atoms with E-state index in [9.17, 15) is 23.7 Å². The lowest BCUT2D eigenvalue weighted by Crippen LogP contribution is -2.32. The van der Waals surface area contributed by atoms with Gasteiger partial charge in [0.15, 0.2) is 0 Å². The summed E-state index contributed by atoms with van der Waals surface area (Å²) >= 11 is 0. The first-order chi connectivity index (χ1) is 17.6. The zero-order valence-electron chi connectivity index (χ0n) is 24.4. The minimum atomic E-state index is -3.56. The second-order valence-corrected chi connectivity index (χ2v) is 14.0. The van der Waals surface area contributed by atoms with Gasteiger partial charge in [0.1, 0.15) is 18.0 Å². The molecule has 0 aromatic carbocycles. The van der Waals surface area contributed by atoms with Gasteiger partial charge < -0.3 is 24.2 Å². The van der Waals surface area contributed by atoms with Gasteiger partial charge in [-0.15, -0.1) is 0 Å². The van der Waals surface area contributed by atoms with E-state index in [-0.39, 0.29) is 37.3 Å². The van der Waals surface area contributed by atoms with Crippen molar-refractivity contribution < 1.29 is 37.8 Å². The Bertz CT molecular complexity index is 1110. The number of hydrogen-bond donors (Lipinski definition) is 3. The molecule has 1 aromatic rings. The Balaban J connectivity index is 2.85. The monoisotopic (exact) mass is 574 g/mol. The SMILES string of the molecule is CC(C)(C)OC(=O)Nc1nc(=O)n(CC(=O)O)cc1CCCNC(=O)CCP(=O)(OC(C)(C)C)OC(C)(C)C. The van der Waals surface area contributed by atoms with Crippen LogP contribution in [0, 0.1) is 0 Å². The minimum Gasteiger partial charge on any atom is -0.480 e. The van der Waals surface area contributed by atoms with Crippen LogP contribution in [0.25, 0.3) is 0 Å². The zero-order valence-corrected chi connectivity index (χ0v) is 25.3. The molecule has 222 valence electrons. The van der Waals surface area contributed by atoms with Gasteiger partial charge in [0.05, 0.1) is 17.4 Å². The molecule has 0 radical (unpaired) electrons. The fourth-order valence-electron chi connectivity index (χ4n) is 3.26. The van der Waals surface area contributed by atoms with E-state index in [0.29, 0.717) is 12.0 Å². The average Bonchev–Trinajstić information content (AvgIpc) is 2.68.